The number of sulfonamides is 1. The molecule has 5 heteroatoms. The summed E-state index contributed by atoms with van der Waals surface area (Å²) in [5, 5.41) is 0. The average Bonchev–Trinajstić information content (AvgIpc) is 2.85. The van der Waals surface area contributed by atoms with Crippen molar-refractivity contribution in [3.8, 4) is 11.1 Å². The van der Waals surface area contributed by atoms with E-state index in [1.165, 1.54) is 5.56 Å². The van der Waals surface area contributed by atoms with Crippen molar-refractivity contribution < 1.29 is 13.2 Å². The Balaban J connectivity index is 1.45. The molecule has 0 bridgehead atoms. The Labute approximate surface area is 195 Å². The van der Waals surface area contributed by atoms with Crippen molar-refractivity contribution >= 4 is 15.8 Å². The van der Waals surface area contributed by atoms with E-state index in [1.807, 2.05) is 66.7 Å². The van der Waals surface area contributed by atoms with E-state index in [9.17, 15) is 13.2 Å². The second-order valence-electron chi connectivity index (χ2n) is 9.08. The number of carbonyl (C=O) groups is 1. The van der Waals surface area contributed by atoms with Crippen molar-refractivity contribution in [2.45, 2.75) is 30.6 Å². The zero-order valence-electron chi connectivity index (χ0n) is 18.5. The molecule has 0 aromatic heterocycles. The quantitative estimate of drug-likeness (QED) is 0.491. The van der Waals surface area contributed by atoms with Gasteiger partial charge in [-0.25, -0.2) is 8.42 Å². The predicted molar refractivity (Wildman–Crippen MR) is 130 cm³/mol. The molecule has 0 N–H and O–H groups in total. The van der Waals surface area contributed by atoms with Crippen LogP contribution in [0.2, 0.25) is 0 Å². The van der Waals surface area contributed by atoms with E-state index in [1.54, 1.807) is 16.4 Å². The van der Waals surface area contributed by atoms with Gasteiger partial charge < -0.3 is 0 Å². The largest absolute Gasteiger partial charge is 0.299 e. The van der Waals surface area contributed by atoms with Crippen LogP contribution in [0.15, 0.2) is 101 Å². The Morgan fingerprint density at radius 3 is 2.15 bits per heavy atom. The lowest BCUT2D eigenvalue weighted by Crippen LogP contribution is -2.49. The summed E-state index contributed by atoms with van der Waals surface area (Å²) in [5.74, 6) is 0.248. The van der Waals surface area contributed by atoms with Crippen LogP contribution in [-0.2, 0) is 21.2 Å². The third-order valence-electron chi connectivity index (χ3n) is 6.96. The Morgan fingerprint density at radius 2 is 1.45 bits per heavy atom. The van der Waals surface area contributed by atoms with Crippen molar-refractivity contribution in [1.82, 2.24) is 4.31 Å². The number of hydrogen-bond donors (Lipinski definition) is 0. The molecule has 1 aliphatic carbocycles. The van der Waals surface area contributed by atoms with E-state index < -0.39 is 10.0 Å². The molecule has 2 aliphatic rings. The van der Waals surface area contributed by atoms with Gasteiger partial charge in [-0.3, -0.25) is 4.79 Å². The van der Waals surface area contributed by atoms with Crippen LogP contribution in [0, 0.1) is 5.41 Å². The highest BCUT2D eigenvalue weighted by molar-refractivity contribution is 7.89. The summed E-state index contributed by atoms with van der Waals surface area (Å²) < 4.78 is 28.8. The Morgan fingerprint density at radius 1 is 0.818 bits per heavy atom. The van der Waals surface area contributed by atoms with Gasteiger partial charge in [-0.15, -0.1) is 0 Å². The van der Waals surface area contributed by atoms with Gasteiger partial charge in [0, 0.05) is 31.3 Å². The van der Waals surface area contributed by atoms with E-state index in [4.69, 9.17) is 0 Å². The normalized spacial score (nSPS) is 21.3. The maximum atomic E-state index is 13.6. The average molecular weight is 458 g/mol. The van der Waals surface area contributed by atoms with Crippen LogP contribution in [0.4, 0.5) is 0 Å². The van der Waals surface area contributed by atoms with Gasteiger partial charge in [-0.1, -0.05) is 84.4 Å². The number of carbonyl (C=O) groups excluding carboxylic acids is 1. The molecular formula is C28H27NO3S. The van der Waals surface area contributed by atoms with Crippen molar-refractivity contribution in [1.29, 1.82) is 0 Å². The zero-order chi connectivity index (χ0) is 22.9. The number of nitrogens with zero attached hydrogens (tertiary/aromatic N) is 1. The Kier molecular flexibility index (Phi) is 5.77. The first-order valence-corrected chi connectivity index (χ1v) is 12.8. The van der Waals surface area contributed by atoms with E-state index in [0.29, 0.717) is 37.2 Å². The molecule has 1 aliphatic heterocycles. The molecule has 168 valence electrons. The molecule has 1 atom stereocenters. The van der Waals surface area contributed by atoms with Crippen LogP contribution < -0.4 is 0 Å². The lowest BCUT2D eigenvalue weighted by Gasteiger charge is -2.45. The third kappa shape index (κ3) is 4.31. The Hall–Kier alpha value is -3.02. The van der Waals surface area contributed by atoms with Gasteiger partial charge >= 0.3 is 0 Å². The number of benzene rings is 3. The van der Waals surface area contributed by atoms with Crippen LogP contribution in [0.1, 0.15) is 24.8 Å². The summed E-state index contributed by atoms with van der Waals surface area (Å²) in [4.78, 5) is 12.5. The maximum Gasteiger partial charge on any atom is 0.243 e. The molecule has 1 fully saturated rings. The fourth-order valence-corrected chi connectivity index (χ4v) is 6.60. The SMILES string of the molecule is O=C1CCC2(Cc3ccccc3)CN(S(=O)(=O)c3ccc(-c4ccccc4)cc3)CC=C2C1. The molecule has 0 saturated heterocycles. The highest BCUT2D eigenvalue weighted by atomic mass is 32.2. The number of ketones is 1. The fraction of sp³-hybridized carbons (Fsp3) is 0.250. The minimum absolute atomic E-state index is 0.248. The smallest absolute Gasteiger partial charge is 0.243 e. The van der Waals surface area contributed by atoms with Gasteiger partial charge in [0.05, 0.1) is 4.90 Å². The van der Waals surface area contributed by atoms with Crippen LogP contribution in [0.3, 0.4) is 0 Å². The van der Waals surface area contributed by atoms with Crippen molar-refractivity contribution in [2.75, 3.05) is 13.1 Å². The van der Waals surface area contributed by atoms with Gasteiger partial charge in [0.15, 0.2) is 0 Å². The minimum atomic E-state index is -3.65. The fourth-order valence-electron chi connectivity index (χ4n) is 5.14. The highest BCUT2D eigenvalue weighted by Crippen LogP contribution is 2.46. The van der Waals surface area contributed by atoms with Crippen LogP contribution >= 0.6 is 0 Å². The summed E-state index contributed by atoms with van der Waals surface area (Å²) in [6.07, 6.45) is 4.35. The van der Waals surface area contributed by atoms with Gasteiger partial charge in [0.1, 0.15) is 5.78 Å². The van der Waals surface area contributed by atoms with Crippen molar-refractivity contribution in [3.63, 3.8) is 0 Å². The molecule has 4 nitrogen and oxygen atoms in total. The van der Waals surface area contributed by atoms with Crippen molar-refractivity contribution in [3.05, 3.63) is 102 Å². The third-order valence-corrected chi connectivity index (χ3v) is 8.78. The summed E-state index contributed by atoms with van der Waals surface area (Å²) in [6.45, 7) is 0.714. The summed E-state index contributed by atoms with van der Waals surface area (Å²) in [5.41, 5.74) is 3.99. The van der Waals surface area contributed by atoms with Gasteiger partial charge in [0.2, 0.25) is 10.0 Å². The number of fused-ring (bicyclic) bond motifs is 1. The first-order valence-electron chi connectivity index (χ1n) is 11.4. The molecule has 5 rings (SSSR count). The number of rotatable bonds is 5. The molecular weight excluding hydrogens is 430 g/mol. The highest BCUT2D eigenvalue weighted by Gasteiger charge is 2.45. The second kappa shape index (κ2) is 8.73. The van der Waals surface area contributed by atoms with Crippen molar-refractivity contribution in [2.24, 2.45) is 5.41 Å². The minimum Gasteiger partial charge on any atom is -0.299 e. The molecule has 0 amide bonds. The molecule has 0 spiro atoms. The number of Topliss-reactive ketones (excluding diaryl/α,β-unsaturated/α-hetero) is 1. The Bertz CT molecular complexity index is 1280. The standard InChI is InChI=1S/C28H27NO3S/c30-26-15-17-28(20-22-7-3-1-4-8-22)21-29(18-16-25(28)19-26)33(31,32)27-13-11-24(12-14-27)23-9-5-2-6-10-23/h1-14,16H,15,17-21H2. The van der Waals surface area contributed by atoms with Gasteiger partial charge in [-0.2, -0.15) is 4.31 Å². The molecule has 1 heterocycles. The summed E-state index contributed by atoms with van der Waals surface area (Å²) >= 11 is 0. The van der Waals surface area contributed by atoms with E-state index in [2.05, 4.69) is 12.1 Å². The van der Waals surface area contributed by atoms with Gasteiger partial charge in [0.25, 0.3) is 0 Å². The monoisotopic (exact) mass is 457 g/mol. The lowest BCUT2D eigenvalue weighted by atomic mass is 9.65. The van der Waals surface area contributed by atoms with E-state index >= 15 is 0 Å². The summed E-state index contributed by atoms with van der Waals surface area (Å²) in [7, 11) is -3.65. The van der Waals surface area contributed by atoms with Crippen LogP contribution in [0.25, 0.3) is 11.1 Å². The van der Waals surface area contributed by atoms with Gasteiger partial charge in [-0.05, 0) is 41.7 Å². The first kappa shape index (κ1) is 21.8. The molecule has 33 heavy (non-hydrogen) atoms. The summed E-state index contributed by atoms with van der Waals surface area (Å²) in [6, 6.07) is 27.2. The van der Waals surface area contributed by atoms with E-state index in [-0.39, 0.29) is 11.2 Å². The lowest BCUT2D eigenvalue weighted by molar-refractivity contribution is -0.120. The molecule has 3 aromatic carbocycles. The maximum absolute atomic E-state index is 13.6. The van der Waals surface area contributed by atoms with E-state index in [0.717, 1.165) is 23.1 Å². The zero-order valence-corrected chi connectivity index (χ0v) is 19.3. The number of hydrogen-bond acceptors (Lipinski definition) is 3. The topological polar surface area (TPSA) is 54.5 Å². The predicted octanol–water partition coefficient (Wildman–Crippen LogP) is 5.27. The molecule has 1 unspecified atom stereocenters. The first-order chi connectivity index (χ1) is 16.0. The molecule has 3 aromatic rings. The molecule has 0 radical (unpaired) electrons. The molecule has 1 saturated carbocycles. The second-order valence-corrected chi connectivity index (χ2v) is 11.0. The van der Waals surface area contributed by atoms with Crippen LogP contribution in [0.5, 0.6) is 0 Å². The van der Waals surface area contributed by atoms with Crippen LogP contribution in [-0.4, -0.2) is 31.6 Å².